The maximum Gasteiger partial charge on any atom is 0.325 e. The van der Waals surface area contributed by atoms with E-state index in [2.05, 4.69) is 22.3 Å². The summed E-state index contributed by atoms with van der Waals surface area (Å²) in [5, 5.41) is 13.2. The lowest BCUT2D eigenvalue weighted by atomic mass is 9.99. The number of likely N-dealkylation sites (tertiary alicyclic amines) is 1. The molecular formula is C25H33N3O2. The summed E-state index contributed by atoms with van der Waals surface area (Å²) < 4.78 is 0. The third kappa shape index (κ3) is 5.20. The molecule has 0 saturated carbocycles. The molecule has 0 radical (unpaired) electrons. The molecule has 1 fully saturated rings. The Morgan fingerprint density at radius 2 is 2.03 bits per heavy atom. The molecule has 2 aromatic rings. The fourth-order valence-corrected chi connectivity index (χ4v) is 4.90. The number of anilines is 1. The largest absolute Gasteiger partial charge is 0.480 e. The van der Waals surface area contributed by atoms with Gasteiger partial charge in [-0.15, -0.1) is 0 Å². The number of carboxylic acids is 1. The van der Waals surface area contributed by atoms with E-state index in [1.807, 2.05) is 30.3 Å². The number of nitrogens with zero attached hydrogens (tertiary/aromatic N) is 2. The molecule has 0 amide bonds. The Morgan fingerprint density at radius 1 is 1.17 bits per heavy atom. The molecule has 2 N–H and O–H groups in total. The van der Waals surface area contributed by atoms with Gasteiger partial charge in [0.2, 0.25) is 0 Å². The zero-order valence-corrected chi connectivity index (χ0v) is 17.7. The number of carbonyl (C=O) groups is 1. The number of benzene rings is 1. The second-order valence-electron chi connectivity index (χ2n) is 8.74. The van der Waals surface area contributed by atoms with Gasteiger partial charge in [0.05, 0.1) is 0 Å². The molecule has 0 spiro atoms. The first-order chi connectivity index (χ1) is 14.7. The molecule has 160 valence electrons. The van der Waals surface area contributed by atoms with Crippen LogP contribution in [0.2, 0.25) is 0 Å². The minimum atomic E-state index is -0.742. The van der Waals surface area contributed by atoms with Gasteiger partial charge in [0, 0.05) is 18.8 Å². The summed E-state index contributed by atoms with van der Waals surface area (Å²) in [5.41, 5.74) is 3.44. The van der Waals surface area contributed by atoms with Crippen LogP contribution < -0.4 is 5.32 Å². The van der Waals surface area contributed by atoms with Gasteiger partial charge in [-0.25, -0.2) is 4.98 Å². The van der Waals surface area contributed by atoms with Crippen molar-refractivity contribution in [2.24, 2.45) is 5.92 Å². The number of hydrogen-bond donors (Lipinski definition) is 2. The van der Waals surface area contributed by atoms with Gasteiger partial charge in [-0.05, 0) is 68.2 Å². The molecule has 5 heteroatoms. The summed E-state index contributed by atoms with van der Waals surface area (Å²) in [6.07, 6.45) is 9.27. The van der Waals surface area contributed by atoms with Gasteiger partial charge in [-0.1, -0.05) is 49.2 Å². The number of aromatic nitrogens is 1. The normalized spacial score (nSPS) is 19.8. The van der Waals surface area contributed by atoms with Crippen LogP contribution in [0.25, 0.3) is 0 Å². The van der Waals surface area contributed by atoms with Gasteiger partial charge in [0.15, 0.2) is 0 Å². The van der Waals surface area contributed by atoms with Crippen molar-refractivity contribution in [3.8, 4) is 0 Å². The topological polar surface area (TPSA) is 65.5 Å². The highest BCUT2D eigenvalue weighted by Gasteiger charge is 2.33. The van der Waals surface area contributed by atoms with E-state index in [9.17, 15) is 9.90 Å². The molecular weight excluding hydrogens is 374 g/mol. The van der Waals surface area contributed by atoms with Crippen molar-refractivity contribution >= 4 is 11.8 Å². The first-order valence-corrected chi connectivity index (χ1v) is 11.4. The number of rotatable bonds is 9. The Balaban J connectivity index is 1.19. The highest BCUT2D eigenvalue weighted by Crippen LogP contribution is 2.30. The molecule has 4 rings (SSSR count). The fraction of sp³-hybridized carbons (Fsp3) is 0.520. The van der Waals surface area contributed by atoms with Crippen molar-refractivity contribution in [2.45, 2.75) is 57.4 Å². The maximum absolute atomic E-state index is 11.9. The molecule has 5 nitrogen and oxygen atoms in total. The molecule has 1 saturated heterocycles. The Hall–Kier alpha value is -2.40. The van der Waals surface area contributed by atoms with Gasteiger partial charge in [0.1, 0.15) is 11.9 Å². The molecule has 0 bridgehead atoms. The summed E-state index contributed by atoms with van der Waals surface area (Å²) in [6.45, 7) is 2.81. The number of aliphatic carboxylic acids is 1. The van der Waals surface area contributed by atoms with Crippen LogP contribution in [0.1, 0.15) is 61.4 Å². The van der Waals surface area contributed by atoms with Crippen LogP contribution in [0, 0.1) is 5.92 Å². The predicted molar refractivity (Wildman–Crippen MR) is 120 cm³/mol. The third-order valence-electron chi connectivity index (χ3n) is 6.53. The summed E-state index contributed by atoms with van der Waals surface area (Å²) in [7, 11) is 0. The average Bonchev–Trinajstić information content (AvgIpc) is 3.22. The van der Waals surface area contributed by atoms with Gasteiger partial charge in [0.25, 0.3) is 0 Å². The minimum Gasteiger partial charge on any atom is -0.480 e. The van der Waals surface area contributed by atoms with E-state index >= 15 is 0 Å². The Labute approximate surface area is 179 Å². The van der Waals surface area contributed by atoms with Crippen molar-refractivity contribution in [3.63, 3.8) is 0 Å². The Morgan fingerprint density at radius 3 is 2.87 bits per heavy atom. The lowest BCUT2D eigenvalue weighted by Gasteiger charge is -2.24. The minimum absolute atomic E-state index is 0.514. The molecule has 3 heterocycles. The smallest absolute Gasteiger partial charge is 0.325 e. The van der Waals surface area contributed by atoms with Gasteiger partial charge in [-0.2, -0.15) is 0 Å². The molecule has 1 aromatic carbocycles. The quantitative estimate of drug-likeness (QED) is 0.590. The highest BCUT2D eigenvalue weighted by atomic mass is 16.4. The molecule has 1 aromatic heterocycles. The summed E-state index contributed by atoms with van der Waals surface area (Å²) in [5.74, 6) is 0.965. The Kier molecular flexibility index (Phi) is 7.00. The molecule has 30 heavy (non-hydrogen) atoms. The first-order valence-electron chi connectivity index (χ1n) is 11.4. The number of nitrogens with one attached hydrogen (secondary N) is 1. The molecule has 2 aliphatic rings. The van der Waals surface area contributed by atoms with E-state index in [0.29, 0.717) is 5.92 Å². The van der Waals surface area contributed by atoms with Crippen LogP contribution in [0.4, 0.5) is 5.82 Å². The SMILES string of the molecule is O=C(O)[C@H](c1ccccc1)N1CC[C@@H](CCCCCc2ccc3c(n2)NCCC3)C1. The number of pyridine rings is 1. The van der Waals surface area contributed by atoms with E-state index in [4.69, 9.17) is 4.98 Å². The zero-order chi connectivity index (χ0) is 20.8. The summed E-state index contributed by atoms with van der Waals surface area (Å²) in [6, 6.07) is 13.6. The third-order valence-corrected chi connectivity index (χ3v) is 6.53. The first kappa shape index (κ1) is 20.9. The molecule has 2 atom stereocenters. The van der Waals surface area contributed by atoms with E-state index in [-0.39, 0.29) is 0 Å². The van der Waals surface area contributed by atoms with Crippen molar-refractivity contribution in [3.05, 3.63) is 59.3 Å². The van der Waals surface area contributed by atoms with Crippen molar-refractivity contribution in [1.29, 1.82) is 0 Å². The van der Waals surface area contributed by atoms with Crippen LogP contribution in [-0.2, 0) is 17.6 Å². The van der Waals surface area contributed by atoms with E-state index in [0.717, 1.165) is 50.3 Å². The molecule has 0 unspecified atom stereocenters. The standard InChI is InChI=1S/C25H33N3O2/c29-25(30)23(20-9-4-2-5-10-20)28-17-15-19(18-28)8-3-1-6-12-22-14-13-21-11-7-16-26-24(21)27-22/h2,4-5,9-10,13-14,19,23H,1,3,6-8,11-12,15-18H2,(H,26,27)(H,29,30)/t19-,23+/m1/s1. The van der Waals surface area contributed by atoms with Crippen LogP contribution in [0.5, 0.6) is 0 Å². The van der Waals surface area contributed by atoms with Crippen LogP contribution in [0.3, 0.4) is 0 Å². The van der Waals surface area contributed by atoms with Crippen molar-refractivity contribution in [1.82, 2.24) is 9.88 Å². The molecule has 2 aliphatic heterocycles. The molecule has 0 aliphatic carbocycles. The van der Waals surface area contributed by atoms with Crippen LogP contribution >= 0.6 is 0 Å². The fourth-order valence-electron chi connectivity index (χ4n) is 4.90. The maximum atomic E-state index is 11.9. The second-order valence-corrected chi connectivity index (χ2v) is 8.74. The second kappa shape index (κ2) is 10.1. The number of unbranched alkanes of at least 4 members (excludes halogenated alkanes) is 2. The van der Waals surface area contributed by atoms with Crippen LogP contribution in [0.15, 0.2) is 42.5 Å². The number of fused-ring (bicyclic) bond motifs is 1. The van der Waals surface area contributed by atoms with E-state index in [1.54, 1.807) is 0 Å². The van der Waals surface area contributed by atoms with E-state index < -0.39 is 12.0 Å². The average molecular weight is 408 g/mol. The van der Waals surface area contributed by atoms with E-state index in [1.165, 1.54) is 43.4 Å². The number of hydrogen-bond acceptors (Lipinski definition) is 4. The number of carboxylic acid groups (broad SMARTS) is 1. The zero-order valence-electron chi connectivity index (χ0n) is 17.7. The summed E-state index contributed by atoms with van der Waals surface area (Å²) in [4.78, 5) is 18.8. The Bertz CT molecular complexity index is 840. The van der Waals surface area contributed by atoms with Gasteiger partial charge >= 0.3 is 5.97 Å². The van der Waals surface area contributed by atoms with Crippen molar-refractivity contribution in [2.75, 3.05) is 25.0 Å². The van der Waals surface area contributed by atoms with Gasteiger partial charge < -0.3 is 10.4 Å². The summed E-state index contributed by atoms with van der Waals surface area (Å²) >= 11 is 0. The lowest BCUT2D eigenvalue weighted by Crippen LogP contribution is -2.32. The lowest BCUT2D eigenvalue weighted by molar-refractivity contribution is -0.143. The monoisotopic (exact) mass is 407 g/mol. The van der Waals surface area contributed by atoms with Gasteiger partial charge in [-0.3, -0.25) is 9.69 Å². The van der Waals surface area contributed by atoms with Crippen molar-refractivity contribution < 1.29 is 9.90 Å². The predicted octanol–water partition coefficient (Wildman–Crippen LogP) is 4.69. The highest BCUT2D eigenvalue weighted by molar-refractivity contribution is 5.75. The van der Waals surface area contributed by atoms with Crippen LogP contribution in [-0.4, -0.2) is 40.6 Å². The number of aryl methyl sites for hydroxylation is 2.